The van der Waals surface area contributed by atoms with Gasteiger partial charge in [0.05, 0.1) is 30.9 Å². The first-order chi connectivity index (χ1) is 15.7. The van der Waals surface area contributed by atoms with E-state index in [0.29, 0.717) is 5.82 Å². The van der Waals surface area contributed by atoms with Gasteiger partial charge in [-0.25, -0.2) is 9.97 Å². The molecule has 0 atom stereocenters. The third-order valence-corrected chi connectivity index (χ3v) is 6.77. The molecule has 2 aromatic heterocycles. The summed E-state index contributed by atoms with van der Waals surface area (Å²) in [7, 11) is 0. The highest BCUT2D eigenvalue weighted by molar-refractivity contribution is 5.54. The lowest BCUT2D eigenvalue weighted by atomic mass is 9.73. The number of hydrogen-bond donors (Lipinski definition) is 1. The van der Waals surface area contributed by atoms with Crippen molar-refractivity contribution in [3.05, 3.63) is 94.9 Å². The molecule has 6 heteroatoms. The number of ether oxygens (including phenoxy) is 1. The SMILES string of the molecule is Cc1ccc(C2(c3ccc(N4CCc5cnc(-c6ccn[nH]6)nc5C4)cc3)COC2)cc1. The zero-order chi connectivity index (χ0) is 21.5. The highest BCUT2D eigenvalue weighted by atomic mass is 16.5. The van der Waals surface area contributed by atoms with Crippen molar-refractivity contribution in [3.63, 3.8) is 0 Å². The third kappa shape index (κ3) is 3.19. The zero-order valence-corrected chi connectivity index (χ0v) is 18.1. The van der Waals surface area contributed by atoms with Crippen LogP contribution in [0.4, 0.5) is 5.69 Å². The molecule has 0 saturated carbocycles. The Morgan fingerprint density at radius 3 is 2.38 bits per heavy atom. The molecule has 1 saturated heterocycles. The van der Waals surface area contributed by atoms with Crippen LogP contribution in [-0.4, -0.2) is 39.9 Å². The summed E-state index contributed by atoms with van der Waals surface area (Å²) in [5.41, 5.74) is 8.28. The number of nitrogens with zero attached hydrogens (tertiary/aromatic N) is 4. The van der Waals surface area contributed by atoms with Crippen LogP contribution in [0.3, 0.4) is 0 Å². The molecule has 1 N–H and O–H groups in total. The maximum atomic E-state index is 5.67. The van der Waals surface area contributed by atoms with Gasteiger partial charge in [0, 0.05) is 24.6 Å². The van der Waals surface area contributed by atoms with Crippen molar-refractivity contribution in [1.82, 2.24) is 20.2 Å². The van der Waals surface area contributed by atoms with Crippen LogP contribution in [-0.2, 0) is 23.1 Å². The molecule has 2 aliphatic rings. The Hall–Kier alpha value is -3.51. The van der Waals surface area contributed by atoms with Gasteiger partial charge < -0.3 is 9.64 Å². The van der Waals surface area contributed by atoms with Gasteiger partial charge in [-0.1, -0.05) is 42.0 Å². The van der Waals surface area contributed by atoms with Crippen molar-refractivity contribution < 1.29 is 4.74 Å². The van der Waals surface area contributed by atoms with Crippen molar-refractivity contribution in [3.8, 4) is 11.5 Å². The average Bonchev–Trinajstić information content (AvgIpc) is 3.34. The van der Waals surface area contributed by atoms with Gasteiger partial charge in [0.25, 0.3) is 0 Å². The number of benzene rings is 2. The van der Waals surface area contributed by atoms with Crippen LogP contribution in [0.25, 0.3) is 11.5 Å². The Morgan fingerprint density at radius 1 is 0.969 bits per heavy atom. The van der Waals surface area contributed by atoms with Gasteiger partial charge in [0.15, 0.2) is 5.82 Å². The van der Waals surface area contributed by atoms with Crippen LogP contribution in [0.2, 0.25) is 0 Å². The summed E-state index contributed by atoms with van der Waals surface area (Å²) in [5.74, 6) is 0.698. The molecule has 0 bridgehead atoms. The number of nitrogens with one attached hydrogen (secondary N) is 1. The first-order valence-corrected chi connectivity index (χ1v) is 11.1. The molecule has 0 radical (unpaired) electrons. The molecule has 4 heterocycles. The van der Waals surface area contributed by atoms with E-state index in [0.717, 1.165) is 44.1 Å². The second-order valence-corrected chi connectivity index (χ2v) is 8.80. The molecular weight excluding hydrogens is 398 g/mol. The van der Waals surface area contributed by atoms with Crippen LogP contribution in [0.15, 0.2) is 67.0 Å². The lowest BCUT2D eigenvalue weighted by molar-refractivity contribution is -0.0379. The van der Waals surface area contributed by atoms with Crippen molar-refractivity contribution in [2.24, 2.45) is 0 Å². The molecule has 0 amide bonds. The number of aromatic nitrogens is 4. The fraction of sp³-hybridized carbons (Fsp3) is 0.269. The quantitative estimate of drug-likeness (QED) is 0.536. The molecule has 4 aromatic rings. The van der Waals surface area contributed by atoms with Gasteiger partial charge in [-0.3, -0.25) is 5.10 Å². The first kappa shape index (κ1) is 19.2. The summed E-state index contributed by atoms with van der Waals surface area (Å²) < 4.78 is 5.67. The highest BCUT2D eigenvalue weighted by Gasteiger charge is 2.42. The number of aromatic amines is 1. The molecule has 0 unspecified atom stereocenters. The molecule has 6 rings (SSSR count). The van der Waals surface area contributed by atoms with Crippen molar-refractivity contribution in [1.29, 1.82) is 0 Å². The van der Waals surface area contributed by atoms with Gasteiger partial charge in [0.1, 0.15) is 5.69 Å². The normalized spacial score (nSPS) is 17.0. The molecule has 0 spiro atoms. The van der Waals surface area contributed by atoms with Crippen LogP contribution in [0.1, 0.15) is 27.9 Å². The van der Waals surface area contributed by atoms with Crippen LogP contribution in [0, 0.1) is 6.92 Å². The minimum atomic E-state index is -0.0348. The number of fused-ring (bicyclic) bond motifs is 1. The smallest absolute Gasteiger partial charge is 0.177 e. The molecule has 32 heavy (non-hydrogen) atoms. The number of rotatable bonds is 4. The van der Waals surface area contributed by atoms with Gasteiger partial charge in [0.2, 0.25) is 0 Å². The van der Waals surface area contributed by atoms with Crippen molar-refractivity contribution in [2.75, 3.05) is 24.7 Å². The van der Waals surface area contributed by atoms with Gasteiger partial charge in [-0.15, -0.1) is 0 Å². The Labute approximate surface area is 187 Å². The zero-order valence-electron chi connectivity index (χ0n) is 18.1. The van der Waals surface area contributed by atoms with E-state index in [4.69, 9.17) is 9.72 Å². The maximum Gasteiger partial charge on any atom is 0.177 e. The highest BCUT2D eigenvalue weighted by Crippen LogP contribution is 2.40. The number of hydrogen-bond acceptors (Lipinski definition) is 5. The number of anilines is 1. The van der Waals surface area contributed by atoms with E-state index in [-0.39, 0.29) is 5.41 Å². The fourth-order valence-corrected chi connectivity index (χ4v) is 4.70. The first-order valence-electron chi connectivity index (χ1n) is 11.1. The minimum absolute atomic E-state index is 0.0348. The Bertz CT molecular complexity index is 1230. The Morgan fingerprint density at radius 2 is 1.72 bits per heavy atom. The predicted octanol–water partition coefficient (Wildman–Crippen LogP) is 4.05. The molecule has 160 valence electrons. The summed E-state index contributed by atoms with van der Waals surface area (Å²) in [6.07, 6.45) is 4.63. The van der Waals surface area contributed by atoms with Gasteiger partial charge in [-0.2, -0.15) is 5.10 Å². The number of aryl methyl sites for hydroxylation is 1. The molecule has 2 aliphatic heterocycles. The Kier molecular flexibility index (Phi) is 4.54. The molecule has 0 aliphatic carbocycles. The van der Waals surface area contributed by atoms with Crippen LogP contribution >= 0.6 is 0 Å². The van der Waals surface area contributed by atoms with E-state index in [1.807, 2.05) is 12.3 Å². The average molecular weight is 424 g/mol. The van der Waals surface area contributed by atoms with Crippen LogP contribution < -0.4 is 4.90 Å². The van der Waals surface area contributed by atoms with Gasteiger partial charge in [-0.05, 0) is 48.2 Å². The second kappa shape index (κ2) is 7.57. The van der Waals surface area contributed by atoms with E-state index < -0.39 is 0 Å². The summed E-state index contributed by atoms with van der Waals surface area (Å²) in [6, 6.07) is 19.8. The molecular formula is C26H25N5O. The maximum absolute atomic E-state index is 5.67. The summed E-state index contributed by atoms with van der Waals surface area (Å²) in [5, 5.41) is 6.97. The summed E-state index contributed by atoms with van der Waals surface area (Å²) >= 11 is 0. The van der Waals surface area contributed by atoms with E-state index in [1.165, 1.54) is 27.9 Å². The molecule has 6 nitrogen and oxygen atoms in total. The van der Waals surface area contributed by atoms with E-state index in [2.05, 4.69) is 75.5 Å². The van der Waals surface area contributed by atoms with E-state index >= 15 is 0 Å². The monoisotopic (exact) mass is 423 g/mol. The van der Waals surface area contributed by atoms with E-state index in [1.54, 1.807) is 6.20 Å². The Balaban J connectivity index is 1.25. The van der Waals surface area contributed by atoms with Crippen molar-refractivity contribution >= 4 is 5.69 Å². The number of H-pyrrole nitrogens is 1. The summed E-state index contributed by atoms with van der Waals surface area (Å²) in [6.45, 7) is 5.34. The molecule has 1 fully saturated rings. The predicted molar refractivity (Wildman–Crippen MR) is 124 cm³/mol. The third-order valence-electron chi connectivity index (χ3n) is 6.77. The van der Waals surface area contributed by atoms with Gasteiger partial charge >= 0.3 is 0 Å². The fourth-order valence-electron chi connectivity index (χ4n) is 4.70. The van der Waals surface area contributed by atoms with Crippen molar-refractivity contribution in [2.45, 2.75) is 25.3 Å². The lowest BCUT2D eigenvalue weighted by Crippen LogP contribution is -2.47. The summed E-state index contributed by atoms with van der Waals surface area (Å²) in [4.78, 5) is 11.7. The second-order valence-electron chi connectivity index (χ2n) is 8.80. The molecule has 2 aromatic carbocycles. The minimum Gasteiger partial charge on any atom is -0.379 e. The standard InChI is InChI=1S/C26H25N5O/c1-18-2-4-20(5-3-18)26(16-32-17-26)21-6-8-22(9-7-21)31-13-11-19-14-27-25(29-24(19)15-31)23-10-12-28-30-23/h2-10,12,14H,11,13,15-17H2,1H3,(H,28,30). The largest absolute Gasteiger partial charge is 0.379 e. The van der Waals surface area contributed by atoms with Crippen LogP contribution in [0.5, 0.6) is 0 Å². The lowest BCUT2D eigenvalue weighted by Gasteiger charge is -2.43. The topological polar surface area (TPSA) is 66.9 Å². The van der Waals surface area contributed by atoms with E-state index in [9.17, 15) is 0 Å².